The number of thiazole rings is 1. The van der Waals surface area contributed by atoms with Crippen LogP contribution in [0.1, 0.15) is 26.7 Å². The highest BCUT2D eigenvalue weighted by atomic mass is 35.5. The number of anilines is 1. The molecule has 1 saturated heterocycles. The molecule has 17 heavy (non-hydrogen) atoms. The molecule has 0 amide bonds. The van der Waals surface area contributed by atoms with Gasteiger partial charge in [-0.15, -0.1) is 11.3 Å². The predicted molar refractivity (Wildman–Crippen MR) is 75.2 cm³/mol. The van der Waals surface area contributed by atoms with E-state index < -0.39 is 0 Å². The molecule has 1 fully saturated rings. The lowest BCUT2D eigenvalue weighted by Gasteiger charge is -2.32. The van der Waals surface area contributed by atoms with Crippen LogP contribution in [-0.4, -0.2) is 30.7 Å². The fourth-order valence-corrected chi connectivity index (χ4v) is 3.34. The molecule has 1 unspecified atom stereocenters. The van der Waals surface area contributed by atoms with Crippen molar-refractivity contribution in [2.45, 2.75) is 32.7 Å². The van der Waals surface area contributed by atoms with Gasteiger partial charge in [0.2, 0.25) is 0 Å². The summed E-state index contributed by atoms with van der Waals surface area (Å²) in [5.74, 6) is 0.730. The lowest BCUT2D eigenvalue weighted by molar-refractivity contribution is 0.371. The van der Waals surface area contributed by atoms with Gasteiger partial charge in [0.15, 0.2) is 5.13 Å². The highest BCUT2D eigenvalue weighted by Crippen LogP contribution is 2.26. The maximum Gasteiger partial charge on any atom is 0.186 e. The first-order valence-electron chi connectivity index (χ1n) is 6.25. The van der Waals surface area contributed by atoms with Crippen LogP contribution >= 0.6 is 22.9 Å². The van der Waals surface area contributed by atoms with Crippen molar-refractivity contribution in [2.24, 2.45) is 5.92 Å². The van der Waals surface area contributed by atoms with Gasteiger partial charge in [-0.1, -0.05) is 11.6 Å². The summed E-state index contributed by atoms with van der Waals surface area (Å²) < 4.78 is 0. The maximum absolute atomic E-state index is 5.91. The molecule has 1 aliphatic heterocycles. The van der Waals surface area contributed by atoms with Gasteiger partial charge in [0, 0.05) is 18.0 Å². The van der Waals surface area contributed by atoms with E-state index in [1.165, 1.54) is 19.4 Å². The average molecular weight is 274 g/mol. The molecule has 1 atom stereocenters. The quantitative estimate of drug-likeness (QED) is 0.914. The van der Waals surface area contributed by atoms with E-state index in [4.69, 9.17) is 11.6 Å². The summed E-state index contributed by atoms with van der Waals surface area (Å²) in [5.41, 5.74) is 0. The molecule has 0 spiro atoms. The summed E-state index contributed by atoms with van der Waals surface area (Å²) in [5, 5.41) is 7.03. The van der Waals surface area contributed by atoms with Gasteiger partial charge in [-0.2, -0.15) is 0 Å². The van der Waals surface area contributed by atoms with Crippen LogP contribution in [0.4, 0.5) is 5.13 Å². The molecule has 0 aromatic carbocycles. The third-order valence-electron chi connectivity index (χ3n) is 3.19. The van der Waals surface area contributed by atoms with E-state index in [-0.39, 0.29) is 0 Å². The van der Waals surface area contributed by atoms with Crippen LogP contribution in [0.3, 0.4) is 0 Å². The summed E-state index contributed by atoms with van der Waals surface area (Å²) in [6.45, 7) is 7.80. The first-order chi connectivity index (χ1) is 8.16. The average Bonchev–Trinajstić information content (AvgIpc) is 2.73. The predicted octanol–water partition coefficient (Wildman–Crippen LogP) is 3.01. The Labute approximate surface area is 112 Å². The molecule has 1 aromatic heterocycles. The minimum atomic E-state index is 0.471. The van der Waals surface area contributed by atoms with Gasteiger partial charge >= 0.3 is 0 Å². The third kappa shape index (κ3) is 3.57. The van der Waals surface area contributed by atoms with E-state index >= 15 is 0 Å². The van der Waals surface area contributed by atoms with Crippen LogP contribution in [0.2, 0.25) is 5.15 Å². The number of rotatable bonds is 4. The summed E-state index contributed by atoms with van der Waals surface area (Å²) >= 11 is 7.55. The molecule has 0 aliphatic carbocycles. The van der Waals surface area contributed by atoms with E-state index in [0.29, 0.717) is 11.2 Å². The van der Waals surface area contributed by atoms with E-state index in [2.05, 4.69) is 29.0 Å². The normalized spacial score (nSPS) is 20.8. The molecule has 0 radical (unpaired) electrons. The van der Waals surface area contributed by atoms with Crippen molar-refractivity contribution in [3.63, 3.8) is 0 Å². The lowest BCUT2D eigenvalue weighted by atomic mass is 9.99. The van der Waals surface area contributed by atoms with E-state index in [9.17, 15) is 0 Å². The molecule has 3 nitrogen and oxygen atoms in total. The van der Waals surface area contributed by atoms with Gasteiger partial charge in [-0.25, -0.2) is 4.98 Å². The summed E-state index contributed by atoms with van der Waals surface area (Å²) in [4.78, 5) is 6.76. The Morgan fingerprint density at radius 1 is 1.65 bits per heavy atom. The van der Waals surface area contributed by atoms with E-state index in [0.717, 1.165) is 24.1 Å². The van der Waals surface area contributed by atoms with Crippen molar-refractivity contribution in [3.8, 4) is 0 Å². The molecule has 2 heterocycles. The Hall–Kier alpha value is -0.320. The maximum atomic E-state index is 5.91. The van der Waals surface area contributed by atoms with Crippen LogP contribution in [0, 0.1) is 5.92 Å². The van der Waals surface area contributed by atoms with Gasteiger partial charge in [0.25, 0.3) is 0 Å². The monoisotopic (exact) mass is 273 g/mol. The molecule has 1 aromatic rings. The smallest absolute Gasteiger partial charge is 0.186 e. The largest absolute Gasteiger partial charge is 0.345 e. The number of aromatic nitrogens is 1. The van der Waals surface area contributed by atoms with Gasteiger partial charge in [-0.05, 0) is 45.7 Å². The Kier molecular flexibility index (Phi) is 4.65. The highest BCUT2D eigenvalue weighted by molar-refractivity contribution is 7.14. The number of hydrogen-bond donors (Lipinski definition) is 1. The number of nitrogens with zero attached hydrogens (tertiary/aromatic N) is 2. The van der Waals surface area contributed by atoms with Crippen molar-refractivity contribution >= 4 is 28.1 Å². The topological polar surface area (TPSA) is 28.2 Å². The second-order valence-electron chi connectivity index (χ2n) is 4.91. The molecule has 2 rings (SSSR count). The first kappa shape index (κ1) is 13.1. The lowest BCUT2D eigenvalue weighted by Crippen LogP contribution is -2.41. The van der Waals surface area contributed by atoms with E-state index in [1.54, 1.807) is 11.3 Å². The zero-order chi connectivity index (χ0) is 12.3. The fourth-order valence-electron chi connectivity index (χ4n) is 2.25. The second kappa shape index (κ2) is 6.03. The SMILES string of the molecule is CC(C)N(CC1CCCNC1)c1nc(Cl)cs1. The zero-order valence-electron chi connectivity index (χ0n) is 10.4. The van der Waals surface area contributed by atoms with Crippen LogP contribution in [0.15, 0.2) is 5.38 Å². The molecule has 0 bridgehead atoms. The second-order valence-corrected chi connectivity index (χ2v) is 6.14. The Balaban J connectivity index is 2.01. The van der Waals surface area contributed by atoms with Crippen molar-refractivity contribution in [3.05, 3.63) is 10.5 Å². The van der Waals surface area contributed by atoms with Gasteiger partial charge < -0.3 is 10.2 Å². The summed E-state index contributed by atoms with van der Waals surface area (Å²) in [6, 6.07) is 0.471. The Bertz CT molecular complexity index is 347. The van der Waals surface area contributed by atoms with Crippen LogP contribution < -0.4 is 10.2 Å². The fraction of sp³-hybridized carbons (Fsp3) is 0.750. The number of halogens is 1. The minimum absolute atomic E-state index is 0.471. The van der Waals surface area contributed by atoms with E-state index in [1.807, 2.05) is 5.38 Å². The van der Waals surface area contributed by atoms with Gasteiger partial charge in [0.1, 0.15) is 5.15 Å². The molecule has 1 N–H and O–H groups in total. The molecule has 1 aliphatic rings. The van der Waals surface area contributed by atoms with Crippen molar-refractivity contribution < 1.29 is 0 Å². The molecule has 96 valence electrons. The van der Waals surface area contributed by atoms with Crippen LogP contribution in [-0.2, 0) is 0 Å². The Morgan fingerprint density at radius 3 is 3.00 bits per heavy atom. The minimum Gasteiger partial charge on any atom is -0.345 e. The van der Waals surface area contributed by atoms with Crippen LogP contribution in [0.5, 0.6) is 0 Å². The number of piperidine rings is 1. The highest BCUT2D eigenvalue weighted by Gasteiger charge is 2.21. The van der Waals surface area contributed by atoms with Crippen molar-refractivity contribution in [2.75, 3.05) is 24.5 Å². The molecular weight excluding hydrogens is 254 g/mol. The molecule has 5 heteroatoms. The van der Waals surface area contributed by atoms with Gasteiger partial charge in [-0.3, -0.25) is 0 Å². The standard InChI is InChI=1S/C12H20ClN3S/c1-9(2)16(12-15-11(13)8-17-12)7-10-4-3-5-14-6-10/h8-10,14H,3-7H2,1-2H3. The first-order valence-corrected chi connectivity index (χ1v) is 7.51. The number of hydrogen-bond acceptors (Lipinski definition) is 4. The van der Waals surface area contributed by atoms with Crippen molar-refractivity contribution in [1.29, 1.82) is 0 Å². The zero-order valence-corrected chi connectivity index (χ0v) is 12.0. The molecular formula is C12H20ClN3S. The number of nitrogens with one attached hydrogen (secondary N) is 1. The van der Waals surface area contributed by atoms with Crippen molar-refractivity contribution in [1.82, 2.24) is 10.3 Å². The van der Waals surface area contributed by atoms with Gasteiger partial charge in [0.05, 0.1) is 0 Å². The van der Waals surface area contributed by atoms with Crippen LogP contribution in [0.25, 0.3) is 0 Å². The summed E-state index contributed by atoms with van der Waals surface area (Å²) in [7, 11) is 0. The Morgan fingerprint density at radius 2 is 2.47 bits per heavy atom. The summed E-state index contributed by atoms with van der Waals surface area (Å²) in [6.07, 6.45) is 2.60. The third-order valence-corrected chi connectivity index (χ3v) is 4.39. The molecule has 0 saturated carbocycles.